The second kappa shape index (κ2) is 10.0. The molecule has 1 amide bonds. The van der Waals surface area contributed by atoms with Gasteiger partial charge in [-0.15, -0.1) is 0 Å². The van der Waals surface area contributed by atoms with Gasteiger partial charge in [-0.3, -0.25) is 14.4 Å². The number of ether oxygens (including phenoxy) is 1. The second-order valence-corrected chi connectivity index (χ2v) is 10.1. The normalized spacial score (nSPS) is 21.9. The molecule has 3 rings (SSSR count). The number of piperazine rings is 1. The van der Waals surface area contributed by atoms with Crippen LogP contribution in [0, 0.1) is 23.1 Å². The van der Waals surface area contributed by atoms with Crippen LogP contribution in [0.15, 0.2) is 18.2 Å². The van der Waals surface area contributed by atoms with E-state index in [1.54, 1.807) is 17.0 Å². The second-order valence-electron chi connectivity index (χ2n) is 10.1. The van der Waals surface area contributed by atoms with E-state index < -0.39 is 5.82 Å². The number of esters is 1. The van der Waals surface area contributed by atoms with Crippen LogP contribution in [0.2, 0.25) is 0 Å². The highest BCUT2D eigenvalue weighted by Crippen LogP contribution is 2.40. The fourth-order valence-corrected chi connectivity index (χ4v) is 4.72. The number of ketones is 1. The van der Waals surface area contributed by atoms with Crippen LogP contribution in [0.1, 0.15) is 63.7 Å². The molecule has 1 heterocycles. The molecule has 1 saturated heterocycles. The van der Waals surface area contributed by atoms with Crippen molar-refractivity contribution in [3.8, 4) is 0 Å². The van der Waals surface area contributed by atoms with E-state index in [1.807, 2.05) is 4.90 Å². The van der Waals surface area contributed by atoms with E-state index in [2.05, 4.69) is 20.8 Å². The van der Waals surface area contributed by atoms with Crippen LogP contribution in [0.3, 0.4) is 0 Å². The van der Waals surface area contributed by atoms with Crippen molar-refractivity contribution in [2.24, 2.45) is 17.3 Å². The topological polar surface area (TPSA) is 66.9 Å². The van der Waals surface area contributed by atoms with Crippen LogP contribution >= 0.6 is 0 Å². The van der Waals surface area contributed by atoms with Gasteiger partial charge in [0.1, 0.15) is 5.82 Å². The summed E-state index contributed by atoms with van der Waals surface area (Å²) >= 11 is 0. The van der Waals surface area contributed by atoms with E-state index in [-0.39, 0.29) is 35.6 Å². The third kappa shape index (κ3) is 5.87. The Morgan fingerprint density at radius 1 is 1.03 bits per heavy atom. The van der Waals surface area contributed by atoms with Gasteiger partial charge in [-0.1, -0.05) is 20.8 Å². The van der Waals surface area contributed by atoms with E-state index >= 15 is 0 Å². The van der Waals surface area contributed by atoms with E-state index in [4.69, 9.17) is 4.74 Å². The minimum absolute atomic E-state index is 0.112. The van der Waals surface area contributed by atoms with Crippen molar-refractivity contribution in [2.75, 3.05) is 37.7 Å². The molecule has 1 saturated carbocycles. The van der Waals surface area contributed by atoms with Gasteiger partial charge in [-0.25, -0.2) is 4.39 Å². The molecule has 1 aromatic carbocycles. The van der Waals surface area contributed by atoms with Crippen molar-refractivity contribution in [3.63, 3.8) is 0 Å². The summed E-state index contributed by atoms with van der Waals surface area (Å²) in [4.78, 5) is 39.9. The van der Waals surface area contributed by atoms with Crippen LogP contribution in [-0.4, -0.2) is 55.3 Å². The maximum atomic E-state index is 14.4. The molecular formula is C25H35FN2O4. The molecule has 0 unspecified atom stereocenters. The SMILES string of the molecule is CC(=O)c1ccc(N2CCN(C(=O)COC(=O)C3CCC(C(C)(C)C)CC3)CC2)c(F)c1. The highest BCUT2D eigenvalue weighted by atomic mass is 19.1. The molecule has 2 aliphatic rings. The molecule has 7 heteroatoms. The van der Waals surface area contributed by atoms with Crippen molar-refractivity contribution in [3.05, 3.63) is 29.6 Å². The van der Waals surface area contributed by atoms with E-state index in [0.29, 0.717) is 43.3 Å². The van der Waals surface area contributed by atoms with Crippen molar-refractivity contribution >= 4 is 23.3 Å². The molecule has 0 aromatic heterocycles. The van der Waals surface area contributed by atoms with Crippen LogP contribution in [0.4, 0.5) is 10.1 Å². The molecule has 0 N–H and O–H groups in total. The molecule has 0 radical (unpaired) electrons. The average molecular weight is 447 g/mol. The van der Waals surface area contributed by atoms with Crippen LogP contribution in [0.25, 0.3) is 0 Å². The van der Waals surface area contributed by atoms with Gasteiger partial charge in [-0.2, -0.15) is 0 Å². The summed E-state index contributed by atoms with van der Waals surface area (Å²) in [5.41, 5.74) is 1.03. The Hall–Kier alpha value is -2.44. The first-order valence-corrected chi connectivity index (χ1v) is 11.6. The van der Waals surface area contributed by atoms with Crippen LogP contribution in [-0.2, 0) is 14.3 Å². The van der Waals surface area contributed by atoms with Gasteiger partial charge in [0, 0.05) is 31.7 Å². The van der Waals surface area contributed by atoms with Gasteiger partial charge in [0.2, 0.25) is 0 Å². The molecule has 0 spiro atoms. The Labute approximate surface area is 190 Å². The smallest absolute Gasteiger partial charge is 0.309 e. The van der Waals surface area contributed by atoms with Gasteiger partial charge in [-0.05, 0) is 62.1 Å². The number of Topliss-reactive ketones (excluding diaryl/α,β-unsaturated/α-hetero) is 1. The Morgan fingerprint density at radius 3 is 2.19 bits per heavy atom. The lowest BCUT2D eigenvalue weighted by Gasteiger charge is -2.37. The van der Waals surface area contributed by atoms with E-state index in [1.165, 1.54) is 13.0 Å². The number of halogens is 1. The Morgan fingerprint density at radius 2 is 1.66 bits per heavy atom. The number of hydrogen-bond acceptors (Lipinski definition) is 5. The minimum Gasteiger partial charge on any atom is -0.455 e. The summed E-state index contributed by atoms with van der Waals surface area (Å²) in [6, 6.07) is 4.48. The van der Waals surface area contributed by atoms with Crippen LogP contribution in [0.5, 0.6) is 0 Å². The Bertz CT molecular complexity index is 848. The van der Waals surface area contributed by atoms with Crippen molar-refractivity contribution < 1.29 is 23.5 Å². The fraction of sp³-hybridized carbons (Fsp3) is 0.640. The first kappa shape index (κ1) is 24.2. The summed E-state index contributed by atoms with van der Waals surface area (Å²) in [6.45, 7) is 9.71. The molecule has 1 aromatic rings. The molecule has 32 heavy (non-hydrogen) atoms. The lowest BCUT2D eigenvalue weighted by Crippen LogP contribution is -2.50. The Balaban J connectivity index is 1.43. The van der Waals surface area contributed by atoms with Crippen molar-refractivity contribution in [2.45, 2.75) is 53.4 Å². The Kier molecular flexibility index (Phi) is 7.57. The number of hydrogen-bond donors (Lipinski definition) is 0. The van der Waals surface area contributed by atoms with E-state index in [9.17, 15) is 18.8 Å². The molecule has 1 aliphatic carbocycles. The van der Waals surface area contributed by atoms with Gasteiger partial charge >= 0.3 is 5.97 Å². The zero-order valence-corrected chi connectivity index (χ0v) is 19.7. The number of carbonyl (C=O) groups excluding carboxylic acids is 3. The third-order valence-electron chi connectivity index (χ3n) is 6.95. The summed E-state index contributed by atoms with van der Waals surface area (Å²) < 4.78 is 19.7. The molecular weight excluding hydrogens is 411 g/mol. The molecule has 0 bridgehead atoms. The number of nitrogens with zero attached hydrogens (tertiary/aromatic N) is 2. The number of rotatable bonds is 5. The molecule has 6 nitrogen and oxygen atoms in total. The number of amides is 1. The van der Waals surface area contributed by atoms with Gasteiger partial charge in [0.15, 0.2) is 12.4 Å². The molecule has 1 aliphatic heterocycles. The average Bonchev–Trinajstić information content (AvgIpc) is 2.76. The third-order valence-corrected chi connectivity index (χ3v) is 6.95. The summed E-state index contributed by atoms with van der Waals surface area (Å²) in [5.74, 6) is -0.590. The number of benzene rings is 1. The summed E-state index contributed by atoms with van der Waals surface area (Å²) in [5, 5.41) is 0. The maximum absolute atomic E-state index is 14.4. The maximum Gasteiger partial charge on any atom is 0.309 e. The van der Waals surface area contributed by atoms with Crippen molar-refractivity contribution in [1.29, 1.82) is 0 Å². The molecule has 2 fully saturated rings. The largest absolute Gasteiger partial charge is 0.455 e. The first-order valence-electron chi connectivity index (χ1n) is 11.6. The molecule has 0 atom stereocenters. The first-order chi connectivity index (χ1) is 15.1. The summed E-state index contributed by atoms with van der Waals surface area (Å²) in [6.07, 6.45) is 3.68. The lowest BCUT2D eigenvalue weighted by molar-refractivity contribution is -0.157. The van der Waals surface area contributed by atoms with Gasteiger partial charge in [0.25, 0.3) is 5.91 Å². The van der Waals surface area contributed by atoms with Crippen molar-refractivity contribution in [1.82, 2.24) is 4.90 Å². The lowest BCUT2D eigenvalue weighted by atomic mass is 9.70. The van der Waals surface area contributed by atoms with Crippen LogP contribution < -0.4 is 4.90 Å². The monoisotopic (exact) mass is 446 g/mol. The summed E-state index contributed by atoms with van der Waals surface area (Å²) in [7, 11) is 0. The minimum atomic E-state index is -0.437. The number of carbonyl (C=O) groups is 3. The van der Waals surface area contributed by atoms with Gasteiger partial charge in [0.05, 0.1) is 11.6 Å². The predicted molar refractivity (Wildman–Crippen MR) is 121 cm³/mol. The van der Waals surface area contributed by atoms with E-state index in [0.717, 1.165) is 25.7 Å². The standard InChI is InChI=1S/C25H35FN2O4/c1-17(29)19-7-10-22(21(26)15-19)27-11-13-28(14-12-27)23(30)16-32-24(31)18-5-8-20(9-6-18)25(2,3)4/h7,10,15,18,20H,5-6,8-9,11-14,16H2,1-4H3. The molecule has 176 valence electrons. The zero-order chi connectivity index (χ0) is 23.5. The highest BCUT2D eigenvalue weighted by Gasteiger charge is 2.33. The van der Waals surface area contributed by atoms with Gasteiger partial charge < -0.3 is 14.5 Å². The number of anilines is 1. The predicted octanol–water partition coefficient (Wildman–Crippen LogP) is 4.07. The quantitative estimate of drug-likeness (QED) is 0.504. The fourth-order valence-electron chi connectivity index (χ4n) is 4.72. The highest BCUT2D eigenvalue weighted by molar-refractivity contribution is 5.94. The zero-order valence-electron chi connectivity index (χ0n) is 19.7.